The van der Waals surface area contributed by atoms with Crippen molar-refractivity contribution in [1.82, 2.24) is 4.90 Å². The van der Waals surface area contributed by atoms with Crippen LogP contribution in [0.5, 0.6) is 11.5 Å². The standard InChI is InChI=1S/C16H26N2O2/c1-11(12-5-6-12)18(2)15(10-17)14-8-7-13(19-3)9-16(14)20-4/h7-9,11-12,15H,5-6,10,17H2,1-4H3. The molecule has 0 amide bonds. The van der Waals surface area contributed by atoms with Gasteiger partial charge in [-0.2, -0.15) is 0 Å². The second kappa shape index (κ2) is 6.46. The summed E-state index contributed by atoms with van der Waals surface area (Å²) in [6.07, 6.45) is 2.67. The zero-order chi connectivity index (χ0) is 14.7. The normalized spacial score (nSPS) is 17.9. The average molecular weight is 278 g/mol. The van der Waals surface area contributed by atoms with Crippen molar-refractivity contribution < 1.29 is 9.47 Å². The molecule has 2 rings (SSSR count). The maximum Gasteiger partial charge on any atom is 0.127 e. The van der Waals surface area contributed by atoms with Crippen LogP contribution >= 0.6 is 0 Å². The molecule has 4 heteroatoms. The fourth-order valence-corrected chi connectivity index (χ4v) is 2.80. The van der Waals surface area contributed by atoms with Crippen molar-refractivity contribution >= 4 is 0 Å². The van der Waals surface area contributed by atoms with Gasteiger partial charge in [0.1, 0.15) is 11.5 Å². The van der Waals surface area contributed by atoms with Crippen molar-refractivity contribution in [2.75, 3.05) is 27.8 Å². The minimum atomic E-state index is 0.173. The van der Waals surface area contributed by atoms with E-state index in [-0.39, 0.29) is 6.04 Å². The molecule has 112 valence electrons. The van der Waals surface area contributed by atoms with Crippen molar-refractivity contribution in [2.24, 2.45) is 11.7 Å². The molecule has 1 aromatic carbocycles. The van der Waals surface area contributed by atoms with Gasteiger partial charge in [0.2, 0.25) is 0 Å². The van der Waals surface area contributed by atoms with Crippen molar-refractivity contribution in [1.29, 1.82) is 0 Å². The van der Waals surface area contributed by atoms with Gasteiger partial charge in [-0.3, -0.25) is 4.90 Å². The molecule has 0 heterocycles. The number of benzene rings is 1. The van der Waals surface area contributed by atoms with Crippen LogP contribution in [0.25, 0.3) is 0 Å². The van der Waals surface area contributed by atoms with Gasteiger partial charge in [0.05, 0.1) is 20.3 Å². The molecule has 1 aromatic rings. The third kappa shape index (κ3) is 3.07. The smallest absolute Gasteiger partial charge is 0.127 e. The molecule has 0 spiro atoms. The van der Waals surface area contributed by atoms with Crippen LogP contribution in [-0.2, 0) is 0 Å². The molecule has 2 unspecified atom stereocenters. The third-order valence-electron chi connectivity index (χ3n) is 4.46. The van der Waals surface area contributed by atoms with Crippen LogP contribution in [0.2, 0.25) is 0 Å². The van der Waals surface area contributed by atoms with Crippen LogP contribution in [0.15, 0.2) is 18.2 Å². The number of nitrogens with zero attached hydrogens (tertiary/aromatic N) is 1. The number of methoxy groups -OCH3 is 2. The molecule has 0 aliphatic heterocycles. The lowest BCUT2D eigenvalue weighted by molar-refractivity contribution is 0.168. The second-order valence-corrected chi connectivity index (χ2v) is 5.60. The lowest BCUT2D eigenvalue weighted by Gasteiger charge is -2.33. The van der Waals surface area contributed by atoms with E-state index in [9.17, 15) is 0 Å². The zero-order valence-electron chi connectivity index (χ0n) is 12.9. The minimum Gasteiger partial charge on any atom is -0.497 e. The summed E-state index contributed by atoms with van der Waals surface area (Å²) < 4.78 is 10.8. The van der Waals surface area contributed by atoms with Gasteiger partial charge >= 0.3 is 0 Å². The first kappa shape index (κ1) is 15.1. The van der Waals surface area contributed by atoms with E-state index in [1.165, 1.54) is 12.8 Å². The fraction of sp³-hybridized carbons (Fsp3) is 0.625. The van der Waals surface area contributed by atoms with Gasteiger partial charge in [0.15, 0.2) is 0 Å². The zero-order valence-corrected chi connectivity index (χ0v) is 12.9. The van der Waals surface area contributed by atoms with E-state index in [0.717, 1.165) is 23.0 Å². The Bertz CT molecular complexity index is 446. The summed E-state index contributed by atoms with van der Waals surface area (Å²) in [7, 11) is 5.51. The first-order valence-electron chi connectivity index (χ1n) is 7.26. The number of rotatable bonds is 7. The van der Waals surface area contributed by atoms with Crippen molar-refractivity contribution in [2.45, 2.75) is 31.8 Å². The average Bonchev–Trinajstić information content (AvgIpc) is 3.31. The molecule has 0 saturated heterocycles. The molecular weight excluding hydrogens is 252 g/mol. The third-order valence-corrected chi connectivity index (χ3v) is 4.46. The Kier molecular flexibility index (Phi) is 4.89. The summed E-state index contributed by atoms with van der Waals surface area (Å²) in [4.78, 5) is 2.38. The lowest BCUT2D eigenvalue weighted by atomic mass is 10.0. The van der Waals surface area contributed by atoms with Gasteiger partial charge in [0, 0.05) is 24.2 Å². The number of likely N-dealkylation sites (N-methyl/N-ethyl adjacent to an activating group) is 1. The van der Waals surface area contributed by atoms with Gasteiger partial charge < -0.3 is 15.2 Å². The number of ether oxygens (including phenoxy) is 2. The lowest BCUT2D eigenvalue weighted by Crippen LogP contribution is -2.38. The summed E-state index contributed by atoms with van der Waals surface area (Å²) in [6.45, 7) is 2.87. The highest BCUT2D eigenvalue weighted by molar-refractivity contribution is 5.42. The fourth-order valence-electron chi connectivity index (χ4n) is 2.80. The van der Waals surface area contributed by atoms with Crippen molar-refractivity contribution in [3.8, 4) is 11.5 Å². The second-order valence-electron chi connectivity index (χ2n) is 5.60. The van der Waals surface area contributed by atoms with E-state index in [1.54, 1.807) is 14.2 Å². The highest BCUT2D eigenvalue weighted by atomic mass is 16.5. The molecule has 4 nitrogen and oxygen atoms in total. The first-order valence-corrected chi connectivity index (χ1v) is 7.26. The monoisotopic (exact) mass is 278 g/mol. The largest absolute Gasteiger partial charge is 0.497 e. The number of nitrogens with two attached hydrogens (primary N) is 1. The van der Waals surface area contributed by atoms with Gasteiger partial charge in [-0.15, -0.1) is 0 Å². The predicted molar refractivity (Wildman–Crippen MR) is 81.3 cm³/mol. The minimum absolute atomic E-state index is 0.173. The van der Waals surface area contributed by atoms with E-state index in [2.05, 4.69) is 24.9 Å². The summed E-state index contributed by atoms with van der Waals surface area (Å²) in [6, 6.07) is 6.68. The Labute approximate surface area is 121 Å². The van der Waals surface area contributed by atoms with Gasteiger partial charge in [0.25, 0.3) is 0 Å². The molecule has 0 bridgehead atoms. The van der Waals surface area contributed by atoms with E-state index in [1.807, 2.05) is 12.1 Å². The first-order chi connectivity index (χ1) is 9.62. The Morgan fingerprint density at radius 2 is 2.00 bits per heavy atom. The predicted octanol–water partition coefficient (Wildman–Crippen LogP) is 2.43. The van der Waals surface area contributed by atoms with Gasteiger partial charge in [-0.05, 0) is 38.8 Å². The van der Waals surface area contributed by atoms with E-state index in [4.69, 9.17) is 15.2 Å². The van der Waals surface area contributed by atoms with Crippen LogP contribution in [0, 0.1) is 5.92 Å². The molecule has 1 fully saturated rings. The molecular formula is C16H26N2O2. The molecule has 20 heavy (non-hydrogen) atoms. The molecule has 1 saturated carbocycles. The topological polar surface area (TPSA) is 47.7 Å². The molecule has 1 aliphatic carbocycles. The van der Waals surface area contributed by atoms with Crippen LogP contribution in [0.4, 0.5) is 0 Å². The van der Waals surface area contributed by atoms with Crippen LogP contribution in [-0.4, -0.2) is 38.8 Å². The Morgan fingerprint density at radius 1 is 1.30 bits per heavy atom. The van der Waals surface area contributed by atoms with E-state index in [0.29, 0.717) is 12.6 Å². The summed E-state index contributed by atoms with van der Waals surface area (Å²) in [5.74, 6) is 2.47. The van der Waals surface area contributed by atoms with Gasteiger partial charge in [-0.25, -0.2) is 0 Å². The van der Waals surface area contributed by atoms with E-state index < -0.39 is 0 Å². The highest BCUT2D eigenvalue weighted by Crippen LogP contribution is 2.39. The molecule has 1 aliphatic rings. The number of hydrogen-bond acceptors (Lipinski definition) is 4. The maximum atomic E-state index is 6.03. The molecule has 0 radical (unpaired) electrons. The van der Waals surface area contributed by atoms with Crippen LogP contribution in [0.1, 0.15) is 31.4 Å². The maximum absolute atomic E-state index is 6.03. The summed E-state index contributed by atoms with van der Waals surface area (Å²) >= 11 is 0. The summed E-state index contributed by atoms with van der Waals surface area (Å²) in [5, 5.41) is 0. The molecule has 2 N–H and O–H groups in total. The van der Waals surface area contributed by atoms with E-state index >= 15 is 0 Å². The SMILES string of the molecule is COc1ccc(C(CN)N(C)C(C)C2CC2)c(OC)c1. The van der Waals surface area contributed by atoms with Crippen LogP contribution < -0.4 is 15.2 Å². The van der Waals surface area contributed by atoms with Crippen molar-refractivity contribution in [3.63, 3.8) is 0 Å². The summed E-state index contributed by atoms with van der Waals surface area (Å²) in [5.41, 5.74) is 7.16. The Balaban J connectivity index is 2.25. The Morgan fingerprint density at radius 3 is 2.50 bits per heavy atom. The van der Waals surface area contributed by atoms with Crippen LogP contribution in [0.3, 0.4) is 0 Å². The Hall–Kier alpha value is -1.26. The highest BCUT2D eigenvalue weighted by Gasteiger charge is 2.34. The number of hydrogen-bond donors (Lipinski definition) is 1. The molecule has 0 aromatic heterocycles. The molecule has 2 atom stereocenters. The quantitative estimate of drug-likeness (QED) is 0.832. The van der Waals surface area contributed by atoms with Gasteiger partial charge in [-0.1, -0.05) is 6.07 Å². The van der Waals surface area contributed by atoms with Crippen molar-refractivity contribution in [3.05, 3.63) is 23.8 Å².